The number of rotatable bonds is 2. The minimum absolute atomic E-state index is 0.804. The number of pyridine rings is 1. The number of aromatic nitrogens is 1. The van der Waals surface area contributed by atoms with Gasteiger partial charge in [-0.25, -0.2) is 0 Å². The van der Waals surface area contributed by atoms with E-state index in [9.17, 15) is 0 Å². The van der Waals surface area contributed by atoms with E-state index in [0.717, 1.165) is 5.92 Å². The second-order valence-corrected chi connectivity index (χ2v) is 3.85. The van der Waals surface area contributed by atoms with Crippen molar-refractivity contribution in [3.05, 3.63) is 36.5 Å². The van der Waals surface area contributed by atoms with Gasteiger partial charge in [-0.3, -0.25) is 4.98 Å². The highest BCUT2D eigenvalue weighted by molar-refractivity contribution is 5.19. The van der Waals surface area contributed by atoms with Gasteiger partial charge in [-0.1, -0.05) is 25.3 Å². The molecule has 0 bridgehead atoms. The molecule has 1 radical (unpaired) electrons. The van der Waals surface area contributed by atoms with E-state index >= 15 is 0 Å². The lowest BCUT2D eigenvalue weighted by Gasteiger charge is -2.20. The van der Waals surface area contributed by atoms with Gasteiger partial charge >= 0.3 is 0 Å². The van der Waals surface area contributed by atoms with E-state index in [1.54, 1.807) is 0 Å². The molecule has 1 heteroatoms. The molecule has 0 aliphatic heterocycles. The SMILES string of the molecule is [CH](c1cccnc1)C1CCCCC1. The van der Waals surface area contributed by atoms with Gasteiger partial charge in [-0.15, -0.1) is 0 Å². The zero-order chi connectivity index (χ0) is 8.93. The Labute approximate surface area is 80.2 Å². The second-order valence-electron chi connectivity index (χ2n) is 3.85. The van der Waals surface area contributed by atoms with Crippen LogP contribution in [0.15, 0.2) is 24.5 Å². The summed E-state index contributed by atoms with van der Waals surface area (Å²) in [4.78, 5) is 4.12. The smallest absolute Gasteiger partial charge is 0.0303 e. The van der Waals surface area contributed by atoms with Gasteiger partial charge in [-0.05, 0) is 36.8 Å². The maximum atomic E-state index is 4.12. The summed E-state index contributed by atoms with van der Waals surface area (Å²) in [5.41, 5.74) is 1.29. The van der Waals surface area contributed by atoms with Crippen LogP contribution >= 0.6 is 0 Å². The average Bonchev–Trinajstić information content (AvgIpc) is 2.21. The van der Waals surface area contributed by atoms with Crippen LogP contribution in [0.1, 0.15) is 37.7 Å². The average molecular weight is 174 g/mol. The Hall–Kier alpha value is -0.850. The molecule has 1 heterocycles. The van der Waals surface area contributed by atoms with Crippen molar-refractivity contribution in [1.82, 2.24) is 4.98 Å². The third kappa shape index (κ3) is 2.55. The highest BCUT2D eigenvalue weighted by atomic mass is 14.6. The minimum Gasteiger partial charge on any atom is -0.264 e. The molecule has 1 saturated carbocycles. The van der Waals surface area contributed by atoms with Crippen molar-refractivity contribution in [3.8, 4) is 0 Å². The van der Waals surface area contributed by atoms with Crippen LogP contribution in [0.4, 0.5) is 0 Å². The van der Waals surface area contributed by atoms with Gasteiger partial charge in [0.15, 0.2) is 0 Å². The van der Waals surface area contributed by atoms with Crippen molar-refractivity contribution in [2.24, 2.45) is 5.92 Å². The van der Waals surface area contributed by atoms with E-state index in [1.807, 2.05) is 18.5 Å². The van der Waals surface area contributed by atoms with E-state index in [0.29, 0.717) is 0 Å². The van der Waals surface area contributed by atoms with Gasteiger partial charge in [0, 0.05) is 12.4 Å². The van der Waals surface area contributed by atoms with Crippen molar-refractivity contribution in [2.75, 3.05) is 0 Å². The van der Waals surface area contributed by atoms with Crippen LogP contribution in [0.3, 0.4) is 0 Å². The van der Waals surface area contributed by atoms with Crippen LogP contribution in [0.25, 0.3) is 0 Å². The van der Waals surface area contributed by atoms with Gasteiger partial charge < -0.3 is 0 Å². The summed E-state index contributed by atoms with van der Waals surface area (Å²) in [6.07, 6.45) is 13.1. The molecule has 1 aromatic heterocycles. The largest absolute Gasteiger partial charge is 0.264 e. The van der Waals surface area contributed by atoms with Crippen LogP contribution in [0.2, 0.25) is 0 Å². The maximum Gasteiger partial charge on any atom is 0.0303 e. The lowest BCUT2D eigenvalue weighted by molar-refractivity contribution is 0.403. The van der Waals surface area contributed by atoms with E-state index in [1.165, 1.54) is 37.7 Å². The van der Waals surface area contributed by atoms with Crippen LogP contribution in [0.5, 0.6) is 0 Å². The summed E-state index contributed by atoms with van der Waals surface area (Å²) in [5.74, 6) is 0.804. The van der Waals surface area contributed by atoms with E-state index in [4.69, 9.17) is 0 Å². The normalized spacial score (nSPS) is 18.8. The summed E-state index contributed by atoms with van der Waals surface area (Å²) < 4.78 is 0. The molecule has 1 nitrogen and oxygen atoms in total. The van der Waals surface area contributed by atoms with Gasteiger partial charge in [0.1, 0.15) is 0 Å². The van der Waals surface area contributed by atoms with Crippen molar-refractivity contribution < 1.29 is 0 Å². The topological polar surface area (TPSA) is 12.9 Å². The minimum atomic E-state index is 0.804. The third-order valence-corrected chi connectivity index (χ3v) is 2.76. The van der Waals surface area contributed by atoms with Crippen LogP contribution in [-0.2, 0) is 0 Å². The van der Waals surface area contributed by atoms with Crippen LogP contribution in [-0.4, -0.2) is 4.98 Å². The summed E-state index contributed by atoms with van der Waals surface area (Å²) in [5, 5.41) is 0. The predicted octanol–water partition coefficient (Wildman–Crippen LogP) is 3.21. The summed E-state index contributed by atoms with van der Waals surface area (Å²) >= 11 is 0. The van der Waals surface area contributed by atoms with Crippen molar-refractivity contribution in [1.29, 1.82) is 0 Å². The molecule has 13 heavy (non-hydrogen) atoms. The van der Waals surface area contributed by atoms with Gasteiger partial charge in [0.2, 0.25) is 0 Å². The Kier molecular flexibility index (Phi) is 2.96. The molecule has 69 valence electrons. The molecule has 0 saturated heterocycles. The Morgan fingerprint density at radius 3 is 2.77 bits per heavy atom. The van der Waals surface area contributed by atoms with Gasteiger partial charge in [0.25, 0.3) is 0 Å². The van der Waals surface area contributed by atoms with Crippen LogP contribution in [0, 0.1) is 12.3 Å². The van der Waals surface area contributed by atoms with Crippen molar-refractivity contribution in [2.45, 2.75) is 32.1 Å². The fraction of sp³-hybridized carbons (Fsp3) is 0.500. The molecule has 0 amide bonds. The van der Waals surface area contributed by atoms with E-state index in [-0.39, 0.29) is 0 Å². The standard InChI is InChI=1S/C12H16N/c1-2-5-11(6-3-1)9-12-7-4-8-13-10-12/h4,7-11H,1-3,5-6H2. The Bertz CT molecular complexity index is 237. The maximum absolute atomic E-state index is 4.12. The molecule has 0 atom stereocenters. The number of hydrogen-bond acceptors (Lipinski definition) is 1. The Morgan fingerprint density at radius 1 is 1.23 bits per heavy atom. The molecule has 2 rings (SSSR count). The monoisotopic (exact) mass is 174 g/mol. The fourth-order valence-corrected chi connectivity index (χ4v) is 2.05. The first-order chi connectivity index (χ1) is 6.45. The molecule has 0 aromatic carbocycles. The molecule has 0 N–H and O–H groups in total. The van der Waals surface area contributed by atoms with Crippen molar-refractivity contribution >= 4 is 0 Å². The van der Waals surface area contributed by atoms with Crippen LogP contribution < -0.4 is 0 Å². The Balaban J connectivity index is 1.90. The molecule has 1 aliphatic carbocycles. The third-order valence-electron chi connectivity index (χ3n) is 2.76. The quantitative estimate of drug-likeness (QED) is 0.671. The molecular formula is C12H16N. The van der Waals surface area contributed by atoms with E-state index < -0.39 is 0 Å². The molecule has 1 aromatic rings. The number of hydrogen-bond donors (Lipinski definition) is 0. The lowest BCUT2D eigenvalue weighted by Crippen LogP contribution is -2.07. The highest BCUT2D eigenvalue weighted by Crippen LogP contribution is 2.27. The molecule has 0 spiro atoms. The fourth-order valence-electron chi connectivity index (χ4n) is 2.05. The highest BCUT2D eigenvalue weighted by Gasteiger charge is 2.13. The first kappa shape index (κ1) is 8.74. The van der Waals surface area contributed by atoms with Crippen molar-refractivity contribution in [3.63, 3.8) is 0 Å². The lowest BCUT2D eigenvalue weighted by atomic mass is 9.85. The van der Waals surface area contributed by atoms with E-state index in [2.05, 4.69) is 17.5 Å². The predicted molar refractivity (Wildman–Crippen MR) is 54.2 cm³/mol. The molecule has 1 fully saturated rings. The zero-order valence-corrected chi connectivity index (χ0v) is 7.95. The molecule has 0 unspecified atom stereocenters. The molecular weight excluding hydrogens is 158 g/mol. The summed E-state index contributed by atoms with van der Waals surface area (Å²) in [6, 6.07) is 4.15. The Morgan fingerprint density at radius 2 is 2.08 bits per heavy atom. The first-order valence-corrected chi connectivity index (χ1v) is 5.20. The number of nitrogens with zero attached hydrogens (tertiary/aromatic N) is 1. The second kappa shape index (κ2) is 4.40. The summed E-state index contributed by atoms with van der Waals surface area (Å²) in [6.45, 7) is 0. The van der Waals surface area contributed by atoms with Gasteiger partial charge in [0.05, 0.1) is 0 Å². The summed E-state index contributed by atoms with van der Waals surface area (Å²) in [7, 11) is 0. The zero-order valence-electron chi connectivity index (χ0n) is 7.95. The first-order valence-electron chi connectivity index (χ1n) is 5.20. The molecule has 1 aliphatic rings. The van der Waals surface area contributed by atoms with Gasteiger partial charge in [-0.2, -0.15) is 0 Å².